The summed E-state index contributed by atoms with van der Waals surface area (Å²) in [5.41, 5.74) is 6.51. The predicted octanol–water partition coefficient (Wildman–Crippen LogP) is 2.69. The lowest BCUT2D eigenvalue weighted by Gasteiger charge is -2.23. The van der Waals surface area contributed by atoms with Crippen LogP contribution in [0.3, 0.4) is 0 Å². The molecule has 2 N–H and O–H groups in total. The van der Waals surface area contributed by atoms with Crippen LogP contribution in [0.15, 0.2) is 28.8 Å². The van der Waals surface area contributed by atoms with Crippen molar-refractivity contribution in [2.75, 3.05) is 0 Å². The lowest BCUT2D eigenvalue weighted by atomic mass is 9.87. The summed E-state index contributed by atoms with van der Waals surface area (Å²) in [7, 11) is 0. The molecule has 20 heavy (non-hydrogen) atoms. The van der Waals surface area contributed by atoms with E-state index in [1.807, 2.05) is 20.8 Å². The topological polar surface area (TPSA) is 108 Å². The van der Waals surface area contributed by atoms with Gasteiger partial charge in [0, 0.05) is 17.7 Å². The summed E-state index contributed by atoms with van der Waals surface area (Å²) in [6, 6.07) is 5.58. The Kier molecular flexibility index (Phi) is 3.54. The quantitative estimate of drug-likeness (QED) is 0.682. The number of benzene rings is 1. The molecule has 0 saturated carbocycles. The van der Waals surface area contributed by atoms with E-state index >= 15 is 0 Å². The molecule has 0 aliphatic rings. The van der Waals surface area contributed by atoms with Gasteiger partial charge in [0.05, 0.1) is 11.0 Å². The average molecular weight is 276 g/mol. The standard InChI is InChI=1S/C13H16N4O3/c1-13(2,3)10(14)12-15-11(16-20-12)8-4-6-9(7-5-8)17(18)19/h4-7,10H,14H2,1-3H3. The molecule has 1 unspecified atom stereocenters. The molecule has 1 heterocycles. The van der Waals surface area contributed by atoms with Gasteiger partial charge in [-0.15, -0.1) is 0 Å². The minimum Gasteiger partial charge on any atom is -0.337 e. The molecule has 1 aromatic carbocycles. The minimum absolute atomic E-state index is 0.0175. The fourth-order valence-corrected chi connectivity index (χ4v) is 1.58. The molecule has 106 valence electrons. The van der Waals surface area contributed by atoms with Crippen LogP contribution in [0.4, 0.5) is 5.69 Å². The number of hydrogen-bond acceptors (Lipinski definition) is 6. The first-order valence-electron chi connectivity index (χ1n) is 6.13. The van der Waals surface area contributed by atoms with Crippen molar-refractivity contribution in [3.63, 3.8) is 0 Å². The van der Waals surface area contributed by atoms with Crippen LogP contribution in [0.25, 0.3) is 11.4 Å². The van der Waals surface area contributed by atoms with Crippen molar-refractivity contribution < 1.29 is 9.45 Å². The maximum atomic E-state index is 10.6. The summed E-state index contributed by atoms with van der Waals surface area (Å²) in [5.74, 6) is 0.723. The fourth-order valence-electron chi connectivity index (χ4n) is 1.58. The van der Waals surface area contributed by atoms with Crippen LogP contribution in [0.5, 0.6) is 0 Å². The van der Waals surface area contributed by atoms with Gasteiger partial charge >= 0.3 is 0 Å². The van der Waals surface area contributed by atoms with E-state index in [2.05, 4.69) is 10.1 Å². The van der Waals surface area contributed by atoms with E-state index in [0.717, 1.165) is 0 Å². The van der Waals surface area contributed by atoms with Gasteiger partial charge in [0.15, 0.2) is 0 Å². The van der Waals surface area contributed by atoms with Crippen molar-refractivity contribution in [2.24, 2.45) is 11.1 Å². The molecular formula is C13H16N4O3. The second-order valence-electron chi connectivity index (χ2n) is 5.60. The second kappa shape index (κ2) is 5.01. The molecule has 0 spiro atoms. The zero-order valence-electron chi connectivity index (χ0n) is 11.5. The van der Waals surface area contributed by atoms with Gasteiger partial charge in [-0.2, -0.15) is 4.98 Å². The molecule has 0 saturated heterocycles. The van der Waals surface area contributed by atoms with Gasteiger partial charge in [-0.1, -0.05) is 25.9 Å². The third-order valence-electron chi connectivity index (χ3n) is 2.98. The molecule has 0 fully saturated rings. The highest BCUT2D eigenvalue weighted by Gasteiger charge is 2.27. The van der Waals surface area contributed by atoms with E-state index in [4.69, 9.17) is 10.3 Å². The van der Waals surface area contributed by atoms with Gasteiger partial charge in [0.1, 0.15) is 0 Å². The number of hydrogen-bond donors (Lipinski definition) is 1. The van der Waals surface area contributed by atoms with Crippen molar-refractivity contribution in [1.29, 1.82) is 0 Å². The SMILES string of the molecule is CC(C)(C)C(N)c1nc(-c2ccc([N+](=O)[O-])cc2)no1. The molecule has 7 heteroatoms. The third kappa shape index (κ3) is 2.83. The Bertz CT molecular complexity index is 613. The summed E-state index contributed by atoms with van der Waals surface area (Å²) in [6.45, 7) is 5.94. The molecule has 0 aliphatic heterocycles. The Morgan fingerprint density at radius 3 is 2.40 bits per heavy atom. The average Bonchev–Trinajstić information content (AvgIpc) is 2.86. The molecule has 1 atom stereocenters. The summed E-state index contributed by atoms with van der Waals surface area (Å²) in [6.07, 6.45) is 0. The smallest absolute Gasteiger partial charge is 0.269 e. The zero-order valence-corrected chi connectivity index (χ0v) is 11.5. The molecular weight excluding hydrogens is 260 g/mol. The number of nitro groups is 1. The number of aromatic nitrogens is 2. The molecule has 1 aromatic heterocycles. The molecule has 0 bridgehead atoms. The molecule has 0 radical (unpaired) electrons. The second-order valence-corrected chi connectivity index (χ2v) is 5.60. The fraction of sp³-hybridized carbons (Fsp3) is 0.385. The highest BCUT2D eigenvalue weighted by Crippen LogP contribution is 2.30. The van der Waals surface area contributed by atoms with Crippen LogP contribution in [-0.4, -0.2) is 15.1 Å². The van der Waals surface area contributed by atoms with Crippen LogP contribution in [0.1, 0.15) is 32.7 Å². The maximum absolute atomic E-state index is 10.6. The van der Waals surface area contributed by atoms with E-state index in [1.165, 1.54) is 12.1 Å². The van der Waals surface area contributed by atoms with Crippen molar-refractivity contribution in [1.82, 2.24) is 10.1 Å². The van der Waals surface area contributed by atoms with Crippen molar-refractivity contribution in [3.8, 4) is 11.4 Å². The lowest BCUT2D eigenvalue weighted by molar-refractivity contribution is -0.384. The first-order chi connectivity index (χ1) is 9.29. The molecule has 2 rings (SSSR count). The van der Waals surface area contributed by atoms with Crippen LogP contribution in [-0.2, 0) is 0 Å². The van der Waals surface area contributed by atoms with Crippen LogP contribution < -0.4 is 5.73 Å². The summed E-state index contributed by atoms with van der Waals surface area (Å²) in [4.78, 5) is 14.4. The van der Waals surface area contributed by atoms with Crippen LogP contribution in [0, 0.1) is 15.5 Å². The van der Waals surface area contributed by atoms with E-state index < -0.39 is 4.92 Å². The monoisotopic (exact) mass is 276 g/mol. The molecule has 2 aromatic rings. The Morgan fingerprint density at radius 1 is 1.30 bits per heavy atom. The third-order valence-corrected chi connectivity index (χ3v) is 2.98. The van der Waals surface area contributed by atoms with E-state index in [9.17, 15) is 10.1 Å². The molecule has 0 amide bonds. The van der Waals surface area contributed by atoms with E-state index in [-0.39, 0.29) is 17.1 Å². The van der Waals surface area contributed by atoms with Gasteiger partial charge in [0.2, 0.25) is 11.7 Å². The van der Waals surface area contributed by atoms with E-state index in [0.29, 0.717) is 17.3 Å². The highest BCUT2D eigenvalue weighted by atomic mass is 16.6. The van der Waals surface area contributed by atoms with Crippen molar-refractivity contribution in [3.05, 3.63) is 40.3 Å². The first kappa shape index (κ1) is 14.1. The highest BCUT2D eigenvalue weighted by molar-refractivity contribution is 5.56. The number of non-ortho nitro benzene ring substituents is 1. The summed E-state index contributed by atoms with van der Waals surface area (Å²) in [5, 5.41) is 14.5. The lowest BCUT2D eigenvalue weighted by Crippen LogP contribution is -2.26. The zero-order chi connectivity index (χ0) is 14.9. The number of nitrogens with zero attached hydrogens (tertiary/aromatic N) is 3. The Balaban J connectivity index is 2.27. The largest absolute Gasteiger partial charge is 0.337 e. The minimum atomic E-state index is -0.457. The Labute approximate surface area is 115 Å². The normalized spacial score (nSPS) is 13.2. The van der Waals surface area contributed by atoms with Gasteiger partial charge in [-0.05, 0) is 17.5 Å². The summed E-state index contributed by atoms with van der Waals surface area (Å²) >= 11 is 0. The van der Waals surface area contributed by atoms with Gasteiger partial charge in [-0.25, -0.2) is 0 Å². The Morgan fingerprint density at radius 2 is 1.90 bits per heavy atom. The van der Waals surface area contributed by atoms with Crippen molar-refractivity contribution >= 4 is 5.69 Å². The number of nitro benzene ring substituents is 1. The van der Waals surface area contributed by atoms with Gasteiger partial charge in [-0.3, -0.25) is 10.1 Å². The number of nitrogens with two attached hydrogens (primary N) is 1. The van der Waals surface area contributed by atoms with Crippen LogP contribution >= 0.6 is 0 Å². The Hall–Kier alpha value is -2.28. The van der Waals surface area contributed by atoms with Crippen LogP contribution in [0.2, 0.25) is 0 Å². The first-order valence-corrected chi connectivity index (χ1v) is 6.13. The maximum Gasteiger partial charge on any atom is 0.269 e. The summed E-state index contributed by atoms with van der Waals surface area (Å²) < 4.78 is 5.17. The van der Waals surface area contributed by atoms with Gasteiger partial charge in [0.25, 0.3) is 5.69 Å². The van der Waals surface area contributed by atoms with E-state index in [1.54, 1.807) is 12.1 Å². The predicted molar refractivity (Wildman–Crippen MR) is 72.8 cm³/mol. The van der Waals surface area contributed by atoms with Crippen molar-refractivity contribution in [2.45, 2.75) is 26.8 Å². The molecule has 0 aliphatic carbocycles. The van der Waals surface area contributed by atoms with Gasteiger partial charge < -0.3 is 10.3 Å². The molecule has 7 nitrogen and oxygen atoms in total. The number of rotatable bonds is 3.